The van der Waals surface area contributed by atoms with Gasteiger partial charge < -0.3 is 15.8 Å². The summed E-state index contributed by atoms with van der Waals surface area (Å²) in [6, 6.07) is 7.88. The molecule has 1 amide bonds. The summed E-state index contributed by atoms with van der Waals surface area (Å²) in [4.78, 5) is 11.9. The van der Waals surface area contributed by atoms with E-state index in [0.717, 1.165) is 43.5 Å². The van der Waals surface area contributed by atoms with Crippen molar-refractivity contribution >= 4 is 5.91 Å². The van der Waals surface area contributed by atoms with Crippen molar-refractivity contribution in [2.75, 3.05) is 13.2 Å². The van der Waals surface area contributed by atoms with Crippen LogP contribution in [0.15, 0.2) is 24.3 Å². The van der Waals surface area contributed by atoms with Gasteiger partial charge in [-0.2, -0.15) is 0 Å². The summed E-state index contributed by atoms with van der Waals surface area (Å²) in [5.41, 5.74) is 6.51. The Bertz CT molecular complexity index is 421. The molecule has 0 saturated carbocycles. The first-order chi connectivity index (χ1) is 10.2. The van der Waals surface area contributed by atoms with E-state index in [9.17, 15) is 4.79 Å². The van der Waals surface area contributed by atoms with Crippen molar-refractivity contribution in [3.8, 4) is 5.75 Å². The lowest BCUT2D eigenvalue weighted by Crippen LogP contribution is -2.26. The molecule has 1 aromatic carbocycles. The molecule has 0 saturated heterocycles. The Morgan fingerprint density at radius 3 is 2.76 bits per heavy atom. The van der Waals surface area contributed by atoms with Crippen molar-refractivity contribution in [3.05, 3.63) is 29.8 Å². The van der Waals surface area contributed by atoms with Crippen LogP contribution in [0.3, 0.4) is 0 Å². The van der Waals surface area contributed by atoms with Crippen LogP contribution in [-0.2, 0) is 4.79 Å². The van der Waals surface area contributed by atoms with E-state index in [2.05, 4.69) is 5.32 Å². The fourth-order valence-corrected chi connectivity index (χ4v) is 2.22. The molecule has 0 fully saturated rings. The molecule has 1 aromatic rings. The van der Waals surface area contributed by atoms with Crippen LogP contribution in [0, 0.1) is 0 Å². The molecule has 1 unspecified atom stereocenters. The summed E-state index contributed by atoms with van der Waals surface area (Å²) < 4.78 is 5.48. The summed E-state index contributed by atoms with van der Waals surface area (Å²) in [6.45, 7) is 5.34. The van der Waals surface area contributed by atoms with Gasteiger partial charge in [0.2, 0.25) is 5.91 Å². The van der Waals surface area contributed by atoms with E-state index >= 15 is 0 Å². The Kier molecular flexibility index (Phi) is 8.51. The number of hydrogen-bond donors (Lipinski definition) is 2. The number of nitrogens with two attached hydrogens (primary N) is 1. The van der Waals surface area contributed by atoms with Crippen molar-refractivity contribution in [1.82, 2.24) is 5.32 Å². The van der Waals surface area contributed by atoms with E-state index in [1.54, 1.807) is 0 Å². The molecular weight excluding hydrogens is 264 g/mol. The maximum absolute atomic E-state index is 11.9. The predicted molar refractivity (Wildman–Crippen MR) is 86.3 cm³/mol. The number of amides is 1. The third kappa shape index (κ3) is 7.14. The number of ether oxygens (including phenoxy) is 1. The minimum absolute atomic E-state index is 0.00180. The van der Waals surface area contributed by atoms with Crippen molar-refractivity contribution in [2.45, 2.75) is 52.0 Å². The first-order valence-electron chi connectivity index (χ1n) is 7.89. The Hall–Kier alpha value is -1.55. The van der Waals surface area contributed by atoms with Gasteiger partial charge in [0.1, 0.15) is 5.75 Å². The zero-order valence-corrected chi connectivity index (χ0v) is 13.2. The number of carbonyl (C=O) groups is 1. The zero-order valence-electron chi connectivity index (χ0n) is 13.2. The van der Waals surface area contributed by atoms with E-state index in [1.807, 2.05) is 38.1 Å². The number of rotatable bonds is 10. The fraction of sp³-hybridized carbons (Fsp3) is 0.588. The van der Waals surface area contributed by atoms with Crippen LogP contribution < -0.4 is 15.8 Å². The van der Waals surface area contributed by atoms with Crippen LogP contribution in [0.4, 0.5) is 0 Å². The average Bonchev–Trinajstić information content (AvgIpc) is 2.47. The second-order valence-corrected chi connectivity index (χ2v) is 5.25. The molecule has 0 aliphatic carbocycles. The summed E-state index contributed by atoms with van der Waals surface area (Å²) in [6.07, 6.45) is 4.73. The Balaban J connectivity index is 2.36. The molecule has 4 nitrogen and oxygen atoms in total. The molecule has 0 aliphatic rings. The van der Waals surface area contributed by atoms with Gasteiger partial charge >= 0.3 is 0 Å². The van der Waals surface area contributed by atoms with Gasteiger partial charge in [0.05, 0.1) is 12.6 Å². The lowest BCUT2D eigenvalue weighted by atomic mass is 10.1. The maximum Gasteiger partial charge on any atom is 0.220 e. The first kappa shape index (κ1) is 17.5. The molecular formula is C17H28N2O2. The second kappa shape index (κ2) is 10.2. The van der Waals surface area contributed by atoms with Gasteiger partial charge in [-0.3, -0.25) is 4.79 Å². The predicted octanol–water partition coefficient (Wildman–Crippen LogP) is 3.17. The molecule has 4 heteroatoms. The van der Waals surface area contributed by atoms with Crippen molar-refractivity contribution in [1.29, 1.82) is 0 Å². The number of hydrogen-bond acceptors (Lipinski definition) is 3. The number of carbonyl (C=O) groups excluding carboxylic acids is 1. The summed E-state index contributed by atoms with van der Waals surface area (Å²) >= 11 is 0. The highest BCUT2D eigenvalue weighted by atomic mass is 16.5. The van der Waals surface area contributed by atoms with Crippen molar-refractivity contribution in [3.63, 3.8) is 0 Å². The van der Waals surface area contributed by atoms with Crippen molar-refractivity contribution in [2.24, 2.45) is 5.73 Å². The minimum Gasteiger partial charge on any atom is -0.494 e. The van der Waals surface area contributed by atoms with Gasteiger partial charge in [0.15, 0.2) is 0 Å². The Morgan fingerprint density at radius 2 is 2.05 bits per heavy atom. The normalized spacial score (nSPS) is 12.0. The molecule has 1 atom stereocenters. The molecule has 21 heavy (non-hydrogen) atoms. The van der Waals surface area contributed by atoms with E-state index < -0.39 is 0 Å². The highest BCUT2D eigenvalue weighted by molar-refractivity contribution is 5.76. The van der Waals surface area contributed by atoms with E-state index in [1.165, 1.54) is 0 Å². The maximum atomic E-state index is 11.9. The number of nitrogens with one attached hydrogen (secondary N) is 1. The van der Waals surface area contributed by atoms with Crippen LogP contribution in [0.5, 0.6) is 5.75 Å². The zero-order chi connectivity index (χ0) is 15.5. The topological polar surface area (TPSA) is 64.3 Å². The van der Waals surface area contributed by atoms with Gasteiger partial charge in [0, 0.05) is 6.42 Å². The lowest BCUT2D eigenvalue weighted by molar-refractivity contribution is -0.121. The minimum atomic E-state index is 0.00180. The molecule has 118 valence electrons. The molecule has 0 bridgehead atoms. The Morgan fingerprint density at radius 1 is 1.29 bits per heavy atom. The molecule has 0 radical (unpaired) electrons. The van der Waals surface area contributed by atoms with Crippen molar-refractivity contribution < 1.29 is 9.53 Å². The lowest BCUT2D eigenvalue weighted by Gasteiger charge is -2.15. The summed E-state index contributed by atoms with van der Waals surface area (Å²) in [5.74, 6) is 0.954. The van der Waals surface area contributed by atoms with Gasteiger partial charge in [-0.1, -0.05) is 25.0 Å². The van der Waals surface area contributed by atoms with Gasteiger partial charge in [-0.05, 0) is 50.9 Å². The van der Waals surface area contributed by atoms with Crippen LogP contribution in [0.1, 0.15) is 57.6 Å². The molecule has 0 heterocycles. The fourth-order valence-electron chi connectivity index (χ4n) is 2.22. The number of unbranched alkanes of at least 4 members (excludes halogenated alkanes) is 3. The van der Waals surface area contributed by atoms with Crippen LogP contribution in [-0.4, -0.2) is 19.1 Å². The molecule has 0 aromatic heterocycles. The second-order valence-electron chi connectivity index (χ2n) is 5.25. The average molecular weight is 292 g/mol. The van der Waals surface area contributed by atoms with Crippen LogP contribution in [0.2, 0.25) is 0 Å². The van der Waals surface area contributed by atoms with Crippen LogP contribution in [0.25, 0.3) is 0 Å². The molecule has 3 N–H and O–H groups in total. The first-order valence-corrected chi connectivity index (χ1v) is 7.89. The largest absolute Gasteiger partial charge is 0.494 e. The quantitative estimate of drug-likeness (QED) is 0.651. The highest BCUT2D eigenvalue weighted by Crippen LogP contribution is 2.19. The molecule has 0 spiro atoms. The molecule has 1 rings (SSSR count). The van der Waals surface area contributed by atoms with E-state index in [4.69, 9.17) is 10.5 Å². The standard InChI is InChI=1S/C17H28N2O2/c1-3-21-16-10-8-9-15(13-16)14(2)19-17(20)11-6-4-5-7-12-18/h8-10,13-14H,3-7,11-12,18H2,1-2H3,(H,19,20). The van der Waals surface area contributed by atoms with Crippen LogP contribution >= 0.6 is 0 Å². The van der Waals surface area contributed by atoms with E-state index in [0.29, 0.717) is 13.0 Å². The van der Waals surface area contributed by atoms with Gasteiger partial charge in [-0.25, -0.2) is 0 Å². The third-order valence-corrected chi connectivity index (χ3v) is 3.40. The van der Waals surface area contributed by atoms with Gasteiger partial charge in [0.25, 0.3) is 0 Å². The summed E-state index contributed by atoms with van der Waals surface area (Å²) in [5, 5.41) is 3.04. The summed E-state index contributed by atoms with van der Waals surface area (Å²) in [7, 11) is 0. The molecule has 0 aliphatic heterocycles. The SMILES string of the molecule is CCOc1cccc(C(C)NC(=O)CCCCCCN)c1. The van der Waals surface area contributed by atoms with Gasteiger partial charge in [-0.15, -0.1) is 0 Å². The smallest absolute Gasteiger partial charge is 0.220 e. The van der Waals surface area contributed by atoms with E-state index in [-0.39, 0.29) is 11.9 Å². The Labute approximate surface area is 128 Å². The number of benzene rings is 1. The highest BCUT2D eigenvalue weighted by Gasteiger charge is 2.10. The monoisotopic (exact) mass is 292 g/mol. The third-order valence-electron chi connectivity index (χ3n) is 3.40.